The predicted molar refractivity (Wildman–Crippen MR) is 76.3 cm³/mol. The van der Waals surface area contributed by atoms with E-state index in [1.165, 1.54) is 18.4 Å². The van der Waals surface area contributed by atoms with Crippen LogP contribution in [0.4, 0.5) is 0 Å². The van der Waals surface area contributed by atoms with Gasteiger partial charge in [0.25, 0.3) is 0 Å². The number of methoxy groups -OCH3 is 1. The van der Waals surface area contributed by atoms with Crippen molar-refractivity contribution >= 4 is 0 Å². The van der Waals surface area contributed by atoms with E-state index in [4.69, 9.17) is 4.74 Å². The molecular formula is C17H24O2. The van der Waals surface area contributed by atoms with E-state index in [9.17, 15) is 5.11 Å². The summed E-state index contributed by atoms with van der Waals surface area (Å²) in [5, 5.41) is 11.2. The Morgan fingerprint density at radius 1 is 1.21 bits per heavy atom. The molecule has 2 aliphatic rings. The van der Waals surface area contributed by atoms with Crippen molar-refractivity contribution in [2.75, 3.05) is 7.11 Å². The number of aryl methyl sites for hydroxylation is 1. The number of rotatable bonds is 2. The van der Waals surface area contributed by atoms with Crippen LogP contribution in [0.25, 0.3) is 0 Å². The summed E-state index contributed by atoms with van der Waals surface area (Å²) in [7, 11) is 1.69. The molecule has 0 aromatic heterocycles. The van der Waals surface area contributed by atoms with Crippen LogP contribution in [0.5, 0.6) is 5.75 Å². The molecule has 2 aliphatic carbocycles. The summed E-state index contributed by atoms with van der Waals surface area (Å²) in [5.74, 6) is 2.12. The average Bonchev–Trinajstić information content (AvgIpc) is 2.78. The highest BCUT2D eigenvalue weighted by Gasteiger charge is 2.44. The largest absolute Gasteiger partial charge is 0.497 e. The highest BCUT2D eigenvalue weighted by molar-refractivity contribution is 5.43. The Labute approximate surface area is 115 Å². The topological polar surface area (TPSA) is 29.5 Å². The smallest absolute Gasteiger partial charge is 0.119 e. The molecule has 1 atom stereocenters. The minimum atomic E-state index is -0.607. The first-order valence-corrected chi connectivity index (χ1v) is 7.53. The molecule has 1 aromatic rings. The molecule has 1 N–H and O–H groups in total. The SMILES string of the molecule is COc1ccc2c(c1)C(O)(C1CCC(C)CC1)CC2. The number of aliphatic hydroxyl groups is 1. The van der Waals surface area contributed by atoms with Crippen molar-refractivity contribution < 1.29 is 9.84 Å². The van der Waals surface area contributed by atoms with Crippen LogP contribution in [0.1, 0.15) is 50.2 Å². The molecule has 0 radical (unpaired) electrons. The number of hydrogen-bond acceptors (Lipinski definition) is 2. The van der Waals surface area contributed by atoms with Gasteiger partial charge in [0.2, 0.25) is 0 Å². The molecule has 104 valence electrons. The minimum Gasteiger partial charge on any atom is -0.497 e. The molecule has 0 amide bonds. The molecule has 0 spiro atoms. The van der Waals surface area contributed by atoms with Crippen LogP contribution in [0.3, 0.4) is 0 Å². The van der Waals surface area contributed by atoms with Crippen LogP contribution in [0.2, 0.25) is 0 Å². The van der Waals surface area contributed by atoms with E-state index >= 15 is 0 Å². The van der Waals surface area contributed by atoms with Crippen LogP contribution in [-0.2, 0) is 12.0 Å². The van der Waals surface area contributed by atoms with Crippen LogP contribution in [0, 0.1) is 11.8 Å². The Balaban J connectivity index is 1.90. The Morgan fingerprint density at radius 3 is 2.63 bits per heavy atom. The van der Waals surface area contributed by atoms with Crippen molar-refractivity contribution in [2.24, 2.45) is 11.8 Å². The molecule has 19 heavy (non-hydrogen) atoms. The molecule has 0 bridgehead atoms. The summed E-state index contributed by atoms with van der Waals surface area (Å²) < 4.78 is 5.33. The molecule has 0 saturated heterocycles. The molecule has 2 heteroatoms. The molecule has 1 saturated carbocycles. The molecule has 0 aliphatic heterocycles. The highest BCUT2D eigenvalue weighted by atomic mass is 16.5. The summed E-state index contributed by atoms with van der Waals surface area (Å²) in [6.07, 6.45) is 6.72. The highest BCUT2D eigenvalue weighted by Crippen LogP contribution is 2.48. The van der Waals surface area contributed by atoms with Gasteiger partial charge in [-0.1, -0.05) is 25.8 Å². The van der Waals surface area contributed by atoms with E-state index in [1.54, 1.807) is 7.11 Å². The normalized spacial score (nSPS) is 34.1. The minimum absolute atomic E-state index is 0.428. The first-order chi connectivity index (χ1) is 9.13. The first-order valence-electron chi connectivity index (χ1n) is 7.53. The van der Waals surface area contributed by atoms with E-state index in [2.05, 4.69) is 19.1 Å². The summed E-state index contributed by atoms with van der Waals surface area (Å²) in [6.45, 7) is 2.33. The van der Waals surface area contributed by atoms with Gasteiger partial charge in [0.05, 0.1) is 12.7 Å². The van der Waals surface area contributed by atoms with Crippen LogP contribution >= 0.6 is 0 Å². The second-order valence-corrected chi connectivity index (χ2v) is 6.40. The van der Waals surface area contributed by atoms with Gasteiger partial charge in [0, 0.05) is 0 Å². The van der Waals surface area contributed by atoms with Crippen molar-refractivity contribution in [3.8, 4) is 5.75 Å². The summed E-state index contributed by atoms with van der Waals surface area (Å²) >= 11 is 0. The third-order valence-electron chi connectivity index (χ3n) is 5.25. The van der Waals surface area contributed by atoms with Crippen LogP contribution in [0.15, 0.2) is 18.2 Å². The maximum absolute atomic E-state index is 11.2. The number of hydrogen-bond donors (Lipinski definition) is 1. The van der Waals surface area contributed by atoms with Crippen molar-refractivity contribution in [1.82, 2.24) is 0 Å². The lowest BCUT2D eigenvalue weighted by atomic mass is 9.71. The van der Waals surface area contributed by atoms with E-state index in [0.29, 0.717) is 5.92 Å². The van der Waals surface area contributed by atoms with Gasteiger partial charge in [-0.25, -0.2) is 0 Å². The van der Waals surface area contributed by atoms with Crippen molar-refractivity contribution in [1.29, 1.82) is 0 Å². The van der Waals surface area contributed by atoms with Crippen LogP contribution < -0.4 is 4.74 Å². The summed E-state index contributed by atoms with van der Waals surface area (Å²) in [5.41, 5.74) is 1.83. The maximum atomic E-state index is 11.2. The van der Waals surface area contributed by atoms with Gasteiger partial charge >= 0.3 is 0 Å². The van der Waals surface area contributed by atoms with Crippen molar-refractivity contribution in [3.63, 3.8) is 0 Å². The third-order valence-corrected chi connectivity index (χ3v) is 5.25. The maximum Gasteiger partial charge on any atom is 0.119 e. The molecule has 2 nitrogen and oxygen atoms in total. The molecule has 1 fully saturated rings. The van der Waals surface area contributed by atoms with Crippen LogP contribution in [-0.4, -0.2) is 12.2 Å². The van der Waals surface area contributed by atoms with Gasteiger partial charge in [0.1, 0.15) is 5.75 Å². The lowest BCUT2D eigenvalue weighted by Gasteiger charge is -2.38. The van der Waals surface area contributed by atoms with Crippen molar-refractivity contribution in [2.45, 2.75) is 51.0 Å². The fraction of sp³-hybridized carbons (Fsp3) is 0.647. The van der Waals surface area contributed by atoms with Gasteiger partial charge in [-0.15, -0.1) is 0 Å². The Hall–Kier alpha value is -1.02. The number of benzene rings is 1. The monoisotopic (exact) mass is 260 g/mol. The summed E-state index contributed by atoms with van der Waals surface area (Å²) in [6, 6.07) is 6.19. The zero-order valence-electron chi connectivity index (χ0n) is 12.0. The van der Waals surface area contributed by atoms with Crippen molar-refractivity contribution in [3.05, 3.63) is 29.3 Å². The second kappa shape index (κ2) is 4.82. The Morgan fingerprint density at radius 2 is 1.95 bits per heavy atom. The number of ether oxygens (including phenoxy) is 1. The molecule has 1 unspecified atom stereocenters. The van der Waals surface area contributed by atoms with E-state index in [1.807, 2.05) is 6.07 Å². The second-order valence-electron chi connectivity index (χ2n) is 6.40. The van der Waals surface area contributed by atoms with Gasteiger partial charge in [-0.05, 0) is 60.8 Å². The molecule has 3 rings (SSSR count). The summed E-state index contributed by atoms with van der Waals surface area (Å²) in [4.78, 5) is 0. The quantitative estimate of drug-likeness (QED) is 0.879. The zero-order valence-corrected chi connectivity index (χ0v) is 12.0. The van der Waals surface area contributed by atoms with Gasteiger partial charge < -0.3 is 9.84 Å². The van der Waals surface area contributed by atoms with Gasteiger partial charge in [0.15, 0.2) is 0 Å². The standard InChI is InChI=1S/C17H24O2/c1-12-3-6-14(7-4-12)17(18)10-9-13-5-8-15(19-2)11-16(13)17/h5,8,11-12,14,18H,3-4,6-7,9-10H2,1-2H3. The van der Waals surface area contributed by atoms with Gasteiger partial charge in [-0.2, -0.15) is 0 Å². The molecular weight excluding hydrogens is 236 g/mol. The zero-order chi connectivity index (χ0) is 13.5. The van der Waals surface area contributed by atoms with Gasteiger partial charge in [-0.3, -0.25) is 0 Å². The average molecular weight is 260 g/mol. The Bertz CT molecular complexity index is 460. The fourth-order valence-electron chi connectivity index (χ4n) is 3.93. The predicted octanol–water partition coefficient (Wildman–Crippen LogP) is 3.66. The third kappa shape index (κ3) is 2.16. The molecule has 1 aromatic carbocycles. The Kier molecular flexibility index (Phi) is 3.30. The first kappa shape index (κ1) is 13.0. The van der Waals surface area contributed by atoms with E-state index in [0.717, 1.165) is 42.9 Å². The van der Waals surface area contributed by atoms with E-state index in [-0.39, 0.29) is 0 Å². The van der Waals surface area contributed by atoms with E-state index < -0.39 is 5.60 Å². The fourth-order valence-corrected chi connectivity index (χ4v) is 3.93. The number of fused-ring (bicyclic) bond motifs is 1. The lowest BCUT2D eigenvalue weighted by Crippen LogP contribution is -2.35. The molecule has 0 heterocycles. The lowest BCUT2D eigenvalue weighted by molar-refractivity contribution is -0.0415.